The van der Waals surface area contributed by atoms with Gasteiger partial charge >= 0.3 is 5.97 Å². The van der Waals surface area contributed by atoms with Crippen LogP contribution in [0, 0.1) is 11.8 Å². The van der Waals surface area contributed by atoms with Crippen molar-refractivity contribution < 1.29 is 38.4 Å². The zero-order valence-electron chi connectivity index (χ0n) is 25.8. The molecule has 4 rings (SSSR count). The molecule has 1 aromatic carbocycles. The number of aliphatic carboxylic acids is 1. The van der Waals surface area contributed by atoms with E-state index < -0.39 is 72.1 Å². The number of para-hydroxylation sites is 1. The van der Waals surface area contributed by atoms with E-state index in [1.54, 1.807) is 38.1 Å². The van der Waals surface area contributed by atoms with Crippen LogP contribution in [0.15, 0.2) is 30.5 Å². The molecule has 0 bridgehead atoms. The van der Waals surface area contributed by atoms with Crippen LogP contribution in [-0.2, 0) is 35.2 Å². The Balaban J connectivity index is 1.78. The van der Waals surface area contributed by atoms with Gasteiger partial charge in [0.2, 0.25) is 29.5 Å². The molecule has 45 heavy (non-hydrogen) atoms. The van der Waals surface area contributed by atoms with Gasteiger partial charge in [-0.1, -0.05) is 50.4 Å². The number of carbonyl (C=O) groups excluding carboxylic acids is 5. The second-order valence-corrected chi connectivity index (χ2v) is 12.5. The van der Waals surface area contributed by atoms with Crippen molar-refractivity contribution in [3.8, 4) is 0 Å². The normalized spacial score (nSPS) is 25.4. The average Bonchev–Trinajstić information content (AvgIpc) is 3.58. The number of carboxylic acid groups (broad SMARTS) is 1. The van der Waals surface area contributed by atoms with E-state index in [-0.39, 0.29) is 43.2 Å². The van der Waals surface area contributed by atoms with Gasteiger partial charge in [-0.05, 0) is 42.7 Å². The minimum Gasteiger partial charge on any atom is -0.481 e. The van der Waals surface area contributed by atoms with Gasteiger partial charge in [0.25, 0.3) is 0 Å². The summed E-state index contributed by atoms with van der Waals surface area (Å²) in [5.74, 6) is -5.34. The van der Waals surface area contributed by atoms with Crippen LogP contribution in [0.1, 0.15) is 58.9 Å². The molecule has 5 atom stereocenters. The number of nitrogens with zero attached hydrogens (tertiary/aromatic N) is 2. The van der Waals surface area contributed by atoms with Gasteiger partial charge in [0, 0.05) is 24.5 Å². The number of halogens is 1. The highest BCUT2D eigenvalue weighted by Crippen LogP contribution is 2.24. The van der Waals surface area contributed by atoms with Gasteiger partial charge < -0.3 is 31.3 Å². The molecule has 2 fully saturated rings. The van der Waals surface area contributed by atoms with Gasteiger partial charge in [-0.15, -0.1) is 0 Å². The van der Waals surface area contributed by atoms with Gasteiger partial charge in [-0.2, -0.15) is 4.79 Å². The fourth-order valence-corrected chi connectivity index (χ4v) is 5.97. The van der Waals surface area contributed by atoms with Crippen LogP contribution in [0.5, 0.6) is 0 Å². The van der Waals surface area contributed by atoms with Crippen LogP contribution in [0.2, 0.25) is 0 Å². The lowest BCUT2D eigenvalue weighted by Crippen LogP contribution is -2.59. The summed E-state index contributed by atoms with van der Waals surface area (Å²) in [5.41, 5.74) is 0.628. The Bertz CT molecular complexity index is 1470. The molecule has 3 heterocycles. The van der Waals surface area contributed by atoms with Gasteiger partial charge in [0.1, 0.15) is 30.2 Å². The standard InChI is InChI=1S/C31H41FN6O7/c1-16(2)12-20-27(41)33-21(13-18-15-38(32)23-9-6-5-8-19(18)23)28(42)35-22(14-25(39)40)31(45)37-11-7-10-24(37)29(43)36-26(17(3)4)30(44)34-20/h5-6,8-9,15-17,20-22,24,26H,7,10-14H2,1-4H3,(H,33,41)(H,34,44)(H,35,42)(H,36,43)(H,39,40)/t20-,21+,22+,24-,26+/m0/s1. The Morgan fingerprint density at radius 3 is 2.22 bits per heavy atom. The third-order valence-corrected chi connectivity index (χ3v) is 8.23. The van der Waals surface area contributed by atoms with E-state index in [9.17, 15) is 38.4 Å². The number of fused-ring (bicyclic) bond motifs is 2. The first kappa shape index (κ1) is 33.4. The summed E-state index contributed by atoms with van der Waals surface area (Å²) in [6.07, 6.45) is 1.15. The topological polar surface area (TPSA) is 179 Å². The molecule has 1 aromatic heterocycles. The summed E-state index contributed by atoms with van der Waals surface area (Å²) in [5, 5.41) is 20.7. The molecule has 14 heteroatoms. The van der Waals surface area contributed by atoms with Crippen molar-refractivity contribution >= 4 is 46.4 Å². The fourth-order valence-electron chi connectivity index (χ4n) is 5.97. The van der Waals surface area contributed by atoms with Crippen LogP contribution < -0.4 is 21.3 Å². The maximum Gasteiger partial charge on any atom is 0.305 e. The SMILES string of the molecule is CC(C)C[C@@H]1NC(=O)[C@@H](C(C)C)NC(=O)[C@@H]2CCCN2C(=O)[C@@H](CC(=O)O)NC(=O)[C@@H](Cc2cn(F)c3ccccc23)NC1=O. The van der Waals surface area contributed by atoms with Gasteiger partial charge in [-0.25, -0.2) is 0 Å². The summed E-state index contributed by atoms with van der Waals surface area (Å²) >= 11 is 0. The summed E-state index contributed by atoms with van der Waals surface area (Å²) in [7, 11) is 0. The van der Waals surface area contributed by atoms with E-state index in [2.05, 4.69) is 21.3 Å². The average molecular weight is 629 g/mol. The molecule has 2 saturated heterocycles. The third kappa shape index (κ3) is 7.78. The van der Waals surface area contributed by atoms with Crippen molar-refractivity contribution in [3.63, 3.8) is 0 Å². The predicted octanol–water partition coefficient (Wildman–Crippen LogP) is 1.04. The lowest BCUT2D eigenvalue weighted by Gasteiger charge is -2.30. The predicted molar refractivity (Wildman–Crippen MR) is 161 cm³/mol. The molecule has 2 aromatic rings. The highest BCUT2D eigenvalue weighted by Gasteiger charge is 2.41. The Labute approximate surface area is 260 Å². The van der Waals surface area contributed by atoms with E-state index in [0.717, 1.165) is 0 Å². The van der Waals surface area contributed by atoms with Crippen molar-refractivity contribution in [3.05, 3.63) is 36.0 Å². The van der Waals surface area contributed by atoms with E-state index in [4.69, 9.17) is 0 Å². The molecule has 2 aliphatic heterocycles. The monoisotopic (exact) mass is 628 g/mol. The largest absolute Gasteiger partial charge is 0.481 e. The Morgan fingerprint density at radius 1 is 0.911 bits per heavy atom. The second-order valence-electron chi connectivity index (χ2n) is 12.5. The zero-order chi connectivity index (χ0) is 33.0. The number of hydrogen-bond donors (Lipinski definition) is 5. The highest BCUT2D eigenvalue weighted by atomic mass is 19.2. The summed E-state index contributed by atoms with van der Waals surface area (Å²) in [6, 6.07) is 0.513. The number of benzene rings is 1. The van der Waals surface area contributed by atoms with Crippen LogP contribution in [0.3, 0.4) is 0 Å². The molecule has 2 aliphatic rings. The summed E-state index contributed by atoms with van der Waals surface area (Å²) in [4.78, 5) is 81.6. The number of amides is 5. The van der Waals surface area contributed by atoms with Crippen molar-refractivity contribution in [2.45, 2.75) is 90.0 Å². The Morgan fingerprint density at radius 2 is 1.56 bits per heavy atom. The van der Waals surface area contributed by atoms with Crippen LogP contribution in [-0.4, -0.2) is 87.1 Å². The minimum absolute atomic E-state index is 0.0587. The molecular weight excluding hydrogens is 587 g/mol. The number of rotatable bonds is 7. The van der Waals surface area contributed by atoms with E-state index in [1.807, 2.05) is 13.8 Å². The fraction of sp³-hybridized carbons (Fsp3) is 0.548. The molecule has 244 valence electrons. The van der Waals surface area contributed by atoms with Crippen molar-refractivity contribution in [2.24, 2.45) is 11.8 Å². The maximum atomic E-state index is 14.7. The van der Waals surface area contributed by atoms with E-state index in [1.165, 1.54) is 11.1 Å². The highest BCUT2D eigenvalue weighted by molar-refractivity contribution is 5.99. The molecule has 5 N–H and O–H groups in total. The van der Waals surface area contributed by atoms with Gasteiger partial charge in [0.15, 0.2) is 0 Å². The number of carbonyl (C=O) groups is 6. The first-order valence-corrected chi connectivity index (χ1v) is 15.3. The number of hydrogen-bond acceptors (Lipinski definition) is 6. The molecule has 0 spiro atoms. The van der Waals surface area contributed by atoms with Crippen LogP contribution in [0.25, 0.3) is 10.9 Å². The molecule has 5 amide bonds. The summed E-state index contributed by atoms with van der Waals surface area (Å²) < 4.78 is 14.7. The summed E-state index contributed by atoms with van der Waals surface area (Å²) in [6.45, 7) is 7.32. The smallest absolute Gasteiger partial charge is 0.305 e. The third-order valence-electron chi connectivity index (χ3n) is 8.23. The molecule has 0 radical (unpaired) electrons. The van der Waals surface area contributed by atoms with E-state index in [0.29, 0.717) is 22.2 Å². The number of nitrogens with one attached hydrogen (secondary N) is 4. The van der Waals surface area contributed by atoms with Crippen molar-refractivity contribution in [1.82, 2.24) is 31.0 Å². The number of carboxylic acids is 1. The second kappa shape index (κ2) is 14.1. The van der Waals surface area contributed by atoms with Crippen molar-refractivity contribution in [1.29, 1.82) is 0 Å². The first-order chi connectivity index (χ1) is 21.3. The lowest BCUT2D eigenvalue weighted by atomic mass is 9.98. The minimum atomic E-state index is -1.55. The molecule has 13 nitrogen and oxygen atoms in total. The quantitative estimate of drug-likeness (QED) is 0.304. The Hall–Kier alpha value is -4.49. The zero-order valence-corrected chi connectivity index (χ0v) is 25.8. The maximum absolute atomic E-state index is 14.7. The van der Waals surface area contributed by atoms with Crippen LogP contribution in [0.4, 0.5) is 4.48 Å². The van der Waals surface area contributed by atoms with Gasteiger partial charge in [0.05, 0.1) is 11.9 Å². The number of aromatic nitrogens is 1. The lowest BCUT2D eigenvalue weighted by molar-refractivity contribution is -0.146. The molecule has 0 saturated carbocycles. The van der Waals surface area contributed by atoms with E-state index >= 15 is 0 Å². The Kier molecular flexibility index (Phi) is 10.5. The molecular formula is C31H41FN6O7. The van der Waals surface area contributed by atoms with Crippen molar-refractivity contribution in [2.75, 3.05) is 6.54 Å². The molecule has 0 aliphatic carbocycles. The first-order valence-electron chi connectivity index (χ1n) is 15.3. The van der Waals surface area contributed by atoms with Crippen LogP contribution >= 0.6 is 0 Å². The molecule has 0 unspecified atom stereocenters. The van der Waals surface area contributed by atoms with Gasteiger partial charge in [-0.3, -0.25) is 28.8 Å².